The van der Waals surface area contributed by atoms with Crippen LogP contribution in [0, 0.1) is 0 Å². The van der Waals surface area contributed by atoms with Crippen molar-refractivity contribution in [2.75, 3.05) is 0 Å². The minimum atomic E-state index is 0.640. The topological polar surface area (TPSA) is 87.2 Å². The molecular weight excluding hydrogens is 1550 g/mol. The molecule has 0 atom stereocenters. The average Bonchev–Trinajstić information content (AvgIpc) is 1.37. The third-order valence-electron chi connectivity index (χ3n) is 24.8. The highest BCUT2D eigenvalue weighted by Gasteiger charge is 2.23. The number of fused-ring (bicyclic) bond motifs is 24. The summed E-state index contributed by atoms with van der Waals surface area (Å²) in [6.07, 6.45) is 0. The standard InChI is InChI=1S/2C57H34N4S/c1-3-13-35(14-4-1)55-58-56(36-15-5-2-6-16-36)60-57(59-55)39-23-27-43-44-28-26-40(34-48(44)42-18-8-7-17-41(42)47(43)33-39)61-51-21-11-9-19-45(51)49-31-37(24-29-52(49)61)38-25-30-54-50(32-38)46-20-10-12-22-53(46)62-54;1-3-13-35(14-4-1)55-58-56(36-15-5-2-6-16-36)60-57(59-55)39-23-27-43-41-17-7-8-18-42(41)44-28-26-40(34-48(44)47(43)33-39)61-51-21-11-9-19-45(51)49-31-37(24-29-52(49)61)38-25-30-54-50(32-38)46-20-10-12-22-53(46)62-54/h2*1-34H. The van der Waals surface area contributed by atoms with Crippen molar-refractivity contribution in [3.63, 3.8) is 0 Å². The van der Waals surface area contributed by atoms with Crippen LogP contribution < -0.4 is 0 Å². The third-order valence-corrected chi connectivity index (χ3v) is 27.1. The molecule has 26 aromatic rings. The number of hydrogen-bond acceptors (Lipinski definition) is 8. The van der Waals surface area contributed by atoms with Crippen LogP contribution in [0.3, 0.4) is 0 Å². The second kappa shape index (κ2) is 28.9. The number of nitrogens with zero attached hydrogens (tertiary/aromatic N) is 8. The van der Waals surface area contributed by atoms with Crippen LogP contribution in [0.15, 0.2) is 413 Å². The van der Waals surface area contributed by atoms with E-state index >= 15 is 0 Å². The Morgan fingerprint density at radius 3 is 0.750 bits per heavy atom. The molecular formula is C114H68N8S2. The Kier molecular flexibility index (Phi) is 16.5. The van der Waals surface area contributed by atoms with Gasteiger partial charge < -0.3 is 9.13 Å². The predicted molar refractivity (Wildman–Crippen MR) is 523 cm³/mol. The van der Waals surface area contributed by atoms with E-state index in [4.69, 9.17) is 29.9 Å². The fourth-order valence-electron chi connectivity index (χ4n) is 19.0. The lowest BCUT2D eigenvalue weighted by Gasteiger charge is -2.15. The molecule has 0 aliphatic carbocycles. The summed E-state index contributed by atoms with van der Waals surface area (Å²) in [4.78, 5) is 30.2. The minimum Gasteiger partial charge on any atom is -0.309 e. The summed E-state index contributed by atoms with van der Waals surface area (Å²) in [7, 11) is 0. The maximum Gasteiger partial charge on any atom is 0.164 e. The molecule has 6 heterocycles. The Balaban J connectivity index is 0.000000136. The number of thiophene rings is 2. The van der Waals surface area contributed by atoms with Gasteiger partial charge in [0.1, 0.15) is 0 Å². The molecule has 0 aliphatic heterocycles. The van der Waals surface area contributed by atoms with Crippen LogP contribution >= 0.6 is 22.7 Å². The van der Waals surface area contributed by atoms with E-state index in [1.54, 1.807) is 0 Å². The second-order valence-corrected chi connectivity index (χ2v) is 34.1. The number of aromatic nitrogens is 8. The monoisotopic (exact) mass is 1610 g/mol. The van der Waals surface area contributed by atoms with Crippen molar-refractivity contribution in [2.45, 2.75) is 0 Å². The highest BCUT2D eigenvalue weighted by molar-refractivity contribution is 7.26. The van der Waals surface area contributed by atoms with Gasteiger partial charge in [-0.25, -0.2) is 29.9 Å². The van der Waals surface area contributed by atoms with Crippen molar-refractivity contribution >= 4 is 171 Å². The Labute approximate surface area is 719 Å². The zero-order valence-electron chi connectivity index (χ0n) is 66.7. The van der Waals surface area contributed by atoms with E-state index in [0.29, 0.717) is 34.9 Å². The zero-order chi connectivity index (χ0) is 81.5. The van der Waals surface area contributed by atoms with Crippen molar-refractivity contribution in [3.8, 4) is 102 Å². The molecule has 0 radical (unpaired) electrons. The molecule has 124 heavy (non-hydrogen) atoms. The van der Waals surface area contributed by atoms with Crippen LogP contribution in [0.2, 0.25) is 0 Å². The molecule has 0 aliphatic rings. The maximum atomic E-state index is 5.10. The van der Waals surface area contributed by atoms with Crippen LogP contribution in [-0.2, 0) is 0 Å². The molecule has 0 saturated heterocycles. The van der Waals surface area contributed by atoms with E-state index in [1.807, 2.05) is 120 Å². The molecule has 0 spiro atoms. The molecule has 8 nitrogen and oxygen atoms in total. The largest absolute Gasteiger partial charge is 0.309 e. The van der Waals surface area contributed by atoms with Gasteiger partial charge in [0.15, 0.2) is 34.9 Å². The first-order chi connectivity index (χ1) is 61.4. The molecule has 576 valence electrons. The highest BCUT2D eigenvalue weighted by Crippen LogP contribution is 2.46. The summed E-state index contributed by atoms with van der Waals surface area (Å²) < 4.78 is 10.2. The number of hydrogen-bond donors (Lipinski definition) is 0. The second-order valence-electron chi connectivity index (χ2n) is 31.9. The lowest BCUT2D eigenvalue weighted by molar-refractivity contribution is 1.07. The van der Waals surface area contributed by atoms with Crippen molar-refractivity contribution in [1.29, 1.82) is 0 Å². The van der Waals surface area contributed by atoms with Crippen LogP contribution in [-0.4, -0.2) is 39.0 Å². The van der Waals surface area contributed by atoms with E-state index in [1.165, 1.54) is 165 Å². The van der Waals surface area contributed by atoms with Crippen molar-refractivity contribution in [2.24, 2.45) is 0 Å². The molecule has 0 fully saturated rings. The molecule has 0 amide bonds. The molecule has 20 aromatic carbocycles. The molecule has 10 heteroatoms. The Morgan fingerprint density at radius 2 is 0.371 bits per heavy atom. The van der Waals surface area contributed by atoms with Crippen molar-refractivity contribution < 1.29 is 0 Å². The van der Waals surface area contributed by atoms with E-state index in [9.17, 15) is 0 Å². The molecule has 0 N–H and O–H groups in total. The van der Waals surface area contributed by atoms with Crippen LogP contribution in [0.4, 0.5) is 0 Å². The number of benzene rings is 20. The zero-order valence-corrected chi connectivity index (χ0v) is 68.3. The summed E-state index contributed by atoms with van der Waals surface area (Å²) in [5.41, 5.74) is 17.6. The fraction of sp³-hybridized carbons (Fsp3) is 0. The summed E-state index contributed by atoms with van der Waals surface area (Å²) in [6, 6.07) is 148. The van der Waals surface area contributed by atoms with Gasteiger partial charge in [0, 0.05) is 107 Å². The lowest BCUT2D eigenvalue weighted by Crippen LogP contribution is -2.00. The van der Waals surface area contributed by atoms with Gasteiger partial charge in [-0.2, -0.15) is 0 Å². The van der Waals surface area contributed by atoms with Crippen molar-refractivity contribution in [1.82, 2.24) is 39.0 Å². The minimum absolute atomic E-state index is 0.640. The van der Waals surface area contributed by atoms with Crippen molar-refractivity contribution in [3.05, 3.63) is 413 Å². The van der Waals surface area contributed by atoms with Gasteiger partial charge in [-0.15, -0.1) is 22.7 Å². The van der Waals surface area contributed by atoms with Crippen LogP contribution in [0.5, 0.6) is 0 Å². The normalized spacial score (nSPS) is 11.9. The Hall–Kier alpha value is -16.0. The molecule has 0 unspecified atom stereocenters. The summed E-state index contributed by atoms with van der Waals surface area (Å²) in [5, 5.41) is 24.6. The molecule has 26 rings (SSSR count). The van der Waals surface area contributed by atoms with Gasteiger partial charge in [-0.1, -0.05) is 303 Å². The number of para-hydroxylation sites is 2. The summed E-state index contributed by atoms with van der Waals surface area (Å²) in [5.74, 6) is 3.89. The quantitative estimate of drug-likeness (QED) is 0.127. The summed E-state index contributed by atoms with van der Waals surface area (Å²) >= 11 is 3.72. The Bertz CT molecular complexity index is 8730. The highest BCUT2D eigenvalue weighted by atomic mass is 32.1. The summed E-state index contributed by atoms with van der Waals surface area (Å²) in [6.45, 7) is 0. The van der Waals surface area contributed by atoms with E-state index in [2.05, 4.69) is 325 Å². The van der Waals surface area contributed by atoms with Gasteiger partial charge >= 0.3 is 0 Å². The molecule has 0 saturated carbocycles. The Morgan fingerprint density at radius 1 is 0.137 bits per heavy atom. The number of rotatable bonds is 10. The first kappa shape index (κ1) is 71.0. The van der Waals surface area contributed by atoms with E-state index < -0.39 is 0 Å². The molecule has 0 bridgehead atoms. The average molecular weight is 1610 g/mol. The van der Waals surface area contributed by atoms with E-state index in [-0.39, 0.29) is 0 Å². The van der Waals surface area contributed by atoms with Crippen LogP contribution in [0.25, 0.3) is 251 Å². The first-order valence-corrected chi connectivity index (χ1v) is 43.5. The lowest BCUT2D eigenvalue weighted by atomic mass is 9.93. The van der Waals surface area contributed by atoms with Gasteiger partial charge in [0.2, 0.25) is 0 Å². The first-order valence-electron chi connectivity index (χ1n) is 41.9. The smallest absolute Gasteiger partial charge is 0.164 e. The van der Waals surface area contributed by atoms with Gasteiger partial charge in [0.05, 0.1) is 22.1 Å². The fourth-order valence-corrected chi connectivity index (χ4v) is 21.2. The van der Waals surface area contributed by atoms with E-state index in [0.717, 1.165) is 50.1 Å². The van der Waals surface area contributed by atoms with Gasteiger partial charge in [-0.05, 0) is 196 Å². The maximum absolute atomic E-state index is 5.10. The predicted octanol–water partition coefficient (Wildman–Crippen LogP) is 30.9. The van der Waals surface area contributed by atoms with Gasteiger partial charge in [-0.3, -0.25) is 0 Å². The SMILES string of the molecule is c1ccc(-c2nc(-c3ccccc3)nc(-c3ccc4c5ccc(-n6c7ccccc7c7cc(-c8ccc9sc%10ccccc%10c9c8)ccc76)cc5c5ccccc5c4c3)n2)cc1.c1ccc(-c2nc(-c3ccccc3)nc(-c3ccc4c5ccccc5c5ccc(-n6c7ccccc7c7cc(-c8ccc9sc%10ccccc%10c9c8)ccc76)cc5c4c3)n2)cc1. The molecule has 6 aromatic heterocycles. The third kappa shape index (κ3) is 11.9. The van der Waals surface area contributed by atoms with Gasteiger partial charge in [0.25, 0.3) is 0 Å². The van der Waals surface area contributed by atoms with Crippen LogP contribution in [0.1, 0.15) is 0 Å².